The predicted molar refractivity (Wildman–Crippen MR) is 83.6 cm³/mol. The number of rotatable bonds is 3. The molecule has 0 radical (unpaired) electrons. The van der Waals surface area contributed by atoms with Gasteiger partial charge in [-0.1, -0.05) is 24.3 Å². The van der Waals surface area contributed by atoms with E-state index in [4.69, 9.17) is 5.84 Å². The first kappa shape index (κ1) is 13.2. The van der Waals surface area contributed by atoms with Crippen LogP contribution in [0.15, 0.2) is 36.7 Å². The standard InChI is InChI=1S/C16H21N5/c17-19-16(15-11-20-5-7-21(15)8-6-20)14-10-18-9-12-3-1-2-4-13(12)14/h1-4,9-10,15-16,19H,5-8,11,17H2. The molecule has 3 aliphatic rings. The fourth-order valence-electron chi connectivity index (χ4n) is 3.77. The van der Waals surface area contributed by atoms with Gasteiger partial charge in [-0.25, -0.2) is 0 Å². The Kier molecular flexibility index (Phi) is 3.35. The Morgan fingerprint density at radius 2 is 1.95 bits per heavy atom. The molecule has 1 aromatic carbocycles. The number of pyridine rings is 1. The van der Waals surface area contributed by atoms with Gasteiger partial charge in [0.2, 0.25) is 0 Å². The first-order chi connectivity index (χ1) is 10.4. The van der Waals surface area contributed by atoms with Gasteiger partial charge in [-0.3, -0.25) is 26.1 Å². The minimum absolute atomic E-state index is 0.117. The molecular weight excluding hydrogens is 262 g/mol. The third-order valence-corrected chi connectivity index (χ3v) is 4.92. The van der Waals surface area contributed by atoms with Crippen molar-refractivity contribution in [1.29, 1.82) is 0 Å². The number of fused-ring (bicyclic) bond motifs is 4. The van der Waals surface area contributed by atoms with E-state index in [9.17, 15) is 0 Å². The Bertz CT molecular complexity index is 630. The van der Waals surface area contributed by atoms with Crippen molar-refractivity contribution in [2.75, 3.05) is 32.7 Å². The zero-order valence-electron chi connectivity index (χ0n) is 12.1. The van der Waals surface area contributed by atoms with Gasteiger partial charge in [-0.15, -0.1) is 0 Å². The second kappa shape index (κ2) is 5.35. The van der Waals surface area contributed by atoms with E-state index in [-0.39, 0.29) is 6.04 Å². The highest BCUT2D eigenvalue weighted by Crippen LogP contribution is 2.30. The molecule has 2 aromatic rings. The zero-order chi connectivity index (χ0) is 14.2. The normalized spacial score (nSPS) is 29.7. The lowest BCUT2D eigenvalue weighted by Gasteiger charge is -2.50. The van der Waals surface area contributed by atoms with E-state index in [0.29, 0.717) is 6.04 Å². The molecule has 5 nitrogen and oxygen atoms in total. The van der Waals surface area contributed by atoms with Crippen molar-refractivity contribution in [2.45, 2.75) is 12.1 Å². The molecule has 5 rings (SSSR count). The van der Waals surface area contributed by atoms with E-state index in [0.717, 1.165) is 19.6 Å². The lowest BCUT2D eigenvalue weighted by molar-refractivity contribution is -0.00352. The van der Waals surface area contributed by atoms with E-state index in [1.165, 1.54) is 29.4 Å². The monoisotopic (exact) mass is 283 g/mol. The van der Waals surface area contributed by atoms with E-state index in [1.807, 2.05) is 12.4 Å². The van der Waals surface area contributed by atoms with Gasteiger partial charge in [0.1, 0.15) is 0 Å². The molecule has 0 saturated carbocycles. The predicted octanol–water partition coefficient (Wildman–Crippen LogP) is 0.739. The Labute approximate surface area is 124 Å². The summed E-state index contributed by atoms with van der Waals surface area (Å²) in [6.07, 6.45) is 3.88. The fraction of sp³-hybridized carbons (Fsp3) is 0.438. The minimum Gasteiger partial charge on any atom is -0.299 e. The number of hydrogen-bond acceptors (Lipinski definition) is 5. The maximum atomic E-state index is 5.94. The van der Waals surface area contributed by atoms with Gasteiger partial charge in [0, 0.05) is 56.5 Å². The van der Waals surface area contributed by atoms with E-state index >= 15 is 0 Å². The van der Waals surface area contributed by atoms with Crippen molar-refractivity contribution in [2.24, 2.45) is 5.84 Å². The smallest absolute Gasteiger partial charge is 0.0649 e. The summed E-state index contributed by atoms with van der Waals surface area (Å²) in [5, 5.41) is 2.42. The zero-order valence-corrected chi connectivity index (χ0v) is 12.1. The van der Waals surface area contributed by atoms with E-state index in [2.05, 4.69) is 44.5 Å². The van der Waals surface area contributed by atoms with Gasteiger partial charge in [0.15, 0.2) is 0 Å². The van der Waals surface area contributed by atoms with Crippen LogP contribution in [0, 0.1) is 0 Å². The van der Waals surface area contributed by atoms with E-state index < -0.39 is 0 Å². The third-order valence-electron chi connectivity index (χ3n) is 4.92. The first-order valence-corrected chi connectivity index (χ1v) is 7.62. The van der Waals surface area contributed by atoms with Crippen LogP contribution in [0.5, 0.6) is 0 Å². The molecular formula is C16H21N5. The molecule has 2 bridgehead atoms. The molecule has 0 amide bonds. The van der Waals surface area contributed by atoms with Crippen molar-refractivity contribution in [3.05, 3.63) is 42.2 Å². The number of benzene rings is 1. The largest absolute Gasteiger partial charge is 0.299 e. The Hall–Kier alpha value is -1.53. The average molecular weight is 283 g/mol. The van der Waals surface area contributed by atoms with Gasteiger partial charge in [-0.05, 0) is 10.9 Å². The summed E-state index contributed by atoms with van der Waals surface area (Å²) in [5.74, 6) is 5.94. The molecule has 1 aromatic heterocycles. The molecule has 3 N–H and O–H groups in total. The molecule has 3 fully saturated rings. The SMILES string of the molecule is NNC(c1cncc2ccccc12)C1CN2CCN1CC2. The number of nitrogens with one attached hydrogen (secondary N) is 1. The maximum Gasteiger partial charge on any atom is 0.0649 e. The van der Waals surface area contributed by atoms with Crippen molar-refractivity contribution < 1.29 is 0 Å². The molecule has 3 saturated heterocycles. The highest BCUT2D eigenvalue weighted by molar-refractivity contribution is 5.85. The molecule has 0 aliphatic carbocycles. The van der Waals surface area contributed by atoms with Crippen LogP contribution in [0.2, 0.25) is 0 Å². The Morgan fingerprint density at radius 1 is 1.14 bits per heavy atom. The topological polar surface area (TPSA) is 57.4 Å². The van der Waals surface area contributed by atoms with Crippen LogP contribution in [-0.2, 0) is 0 Å². The molecule has 110 valence electrons. The third kappa shape index (κ3) is 2.22. The van der Waals surface area contributed by atoms with Gasteiger partial charge in [0.05, 0.1) is 6.04 Å². The summed E-state index contributed by atoms with van der Waals surface area (Å²) in [4.78, 5) is 9.51. The Balaban J connectivity index is 1.75. The van der Waals surface area contributed by atoms with Crippen LogP contribution in [0.25, 0.3) is 10.8 Å². The van der Waals surface area contributed by atoms with Crippen LogP contribution >= 0.6 is 0 Å². The van der Waals surface area contributed by atoms with Crippen LogP contribution < -0.4 is 11.3 Å². The number of piperazine rings is 3. The van der Waals surface area contributed by atoms with Crippen LogP contribution in [0.1, 0.15) is 11.6 Å². The number of nitrogens with two attached hydrogens (primary N) is 1. The van der Waals surface area contributed by atoms with E-state index in [1.54, 1.807) is 0 Å². The number of hydrogen-bond donors (Lipinski definition) is 2. The highest BCUT2D eigenvalue weighted by atomic mass is 15.4. The summed E-state index contributed by atoms with van der Waals surface area (Å²) < 4.78 is 0. The van der Waals surface area contributed by atoms with Crippen molar-refractivity contribution in [3.8, 4) is 0 Å². The highest BCUT2D eigenvalue weighted by Gasteiger charge is 2.37. The minimum atomic E-state index is 0.117. The molecule has 2 atom stereocenters. The first-order valence-electron chi connectivity index (χ1n) is 7.62. The molecule has 2 unspecified atom stereocenters. The molecule has 21 heavy (non-hydrogen) atoms. The molecule has 4 heterocycles. The molecule has 3 aliphatic heterocycles. The average Bonchev–Trinajstić information content (AvgIpc) is 2.57. The van der Waals surface area contributed by atoms with Crippen molar-refractivity contribution in [1.82, 2.24) is 20.2 Å². The second-order valence-electron chi connectivity index (χ2n) is 6.00. The summed E-state index contributed by atoms with van der Waals surface area (Å²) in [6, 6.07) is 8.94. The molecule has 5 heteroatoms. The maximum absolute atomic E-state index is 5.94. The van der Waals surface area contributed by atoms with Gasteiger partial charge >= 0.3 is 0 Å². The lowest BCUT2D eigenvalue weighted by Crippen LogP contribution is -2.64. The van der Waals surface area contributed by atoms with Crippen LogP contribution in [-0.4, -0.2) is 53.5 Å². The summed E-state index contributed by atoms with van der Waals surface area (Å²) >= 11 is 0. The quantitative estimate of drug-likeness (QED) is 0.643. The molecule has 0 spiro atoms. The number of aromatic nitrogens is 1. The van der Waals surface area contributed by atoms with Gasteiger partial charge < -0.3 is 0 Å². The fourth-order valence-corrected chi connectivity index (χ4v) is 3.77. The van der Waals surface area contributed by atoms with Crippen molar-refractivity contribution in [3.63, 3.8) is 0 Å². The van der Waals surface area contributed by atoms with Crippen LogP contribution in [0.3, 0.4) is 0 Å². The van der Waals surface area contributed by atoms with Crippen LogP contribution in [0.4, 0.5) is 0 Å². The number of hydrazine groups is 1. The summed E-state index contributed by atoms with van der Waals surface area (Å²) in [7, 11) is 0. The summed E-state index contributed by atoms with van der Waals surface area (Å²) in [6.45, 7) is 5.73. The lowest BCUT2D eigenvalue weighted by atomic mass is 9.92. The second-order valence-corrected chi connectivity index (χ2v) is 6.00. The summed E-state index contributed by atoms with van der Waals surface area (Å²) in [5.41, 5.74) is 4.26. The Morgan fingerprint density at radius 3 is 2.67 bits per heavy atom. The number of nitrogens with zero attached hydrogens (tertiary/aromatic N) is 3. The van der Waals surface area contributed by atoms with Gasteiger partial charge in [0.25, 0.3) is 0 Å². The van der Waals surface area contributed by atoms with Gasteiger partial charge in [-0.2, -0.15) is 0 Å². The van der Waals surface area contributed by atoms with Crippen molar-refractivity contribution >= 4 is 10.8 Å².